The van der Waals surface area contributed by atoms with Crippen LogP contribution in [0, 0.1) is 5.41 Å². The zero-order valence-electron chi connectivity index (χ0n) is 19.5. The molecule has 2 aromatic heterocycles. The zero-order chi connectivity index (χ0) is 26.2. The van der Waals surface area contributed by atoms with Gasteiger partial charge in [0.15, 0.2) is 5.43 Å². The first-order chi connectivity index (χ1) is 17.8. The molecule has 2 aliphatic heterocycles. The Kier molecular flexibility index (Phi) is 7.35. The lowest BCUT2D eigenvalue weighted by Crippen LogP contribution is -2.73. The first-order valence-electron chi connectivity index (χ1n) is 11.2. The molecule has 0 radical (unpaired) electrons. The summed E-state index contributed by atoms with van der Waals surface area (Å²) in [5.41, 5.74) is -1.38. The van der Waals surface area contributed by atoms with E-state index in [1.165, 1.54) is 57.2 Å². The molecule has 12 heteroatoms. The van der Waals surface area contributed by atoms with E-state index in [9.17, 15) is 24.3 Å². The van der Waals surface area contributed by atoms with Crippen molar-refractivity contribution in [3.63, 3.8) is 0 Å². The minimum absolute atomic E-state index is 0.0261. The van der Waals surface area contributed by atoms with Gasteiger partial charge in [0.2, 0.25) is 11.8 Å². The topological polar surface area (TPSA) is 113 Å². The number of ether oxygens (including phenoxy) is 1. The summed E-state index contributed by atoms with van der Waals surface area (Å²) in [7, 11) is 1.56. The maximum atomic E-state index is 12.8. The van der Waals surface area contributed by atoms with Crippen LogP contribution in [0.2, 0.25) is 0 Å². The quantitative estimate of drug-likeness (QED) is 0.310. The molecule has 37 heavy (non-hydrogen) atoms. The first kappa shape index (κ1) is 25.8. The van der Waals surface area contributed by atoms with Crippen molar-refractivity contribution in [1.29, 1.82) is 0 Å². The normalized spacial score (nSPS) is 23.1. The predicted octanol–water partition coefficient (Wildman–Crippen LogP) is 3.65. The number of hydrogen-bond acceptors (Lipinski definition) is 9. The van der Waals surface area contributed by atoms with Gasteiger partial charge in [0, 0.05) is 33.3 Å². The second kappa shape index (κ2) is 10.5. The van der Waals surface area contributed by atoms with E-state index in [1.807, 2.05) is 17.5 Å². The number of carbonyl (C=O) groups is 3. The Morgan fingerprint density at radius 1 is 1.30 bits per heavy atom. The number of aliphatic carboxylic acids is 1. The number of amides is 2. The summed E-state index contributed by atoms with van der Waals surface area (Å²) in [6, 6.07) is 9.91. The number of carboxylic acid groups (broad SMARTS) is 1. The molecule has 2 unspecified atom stereocenters. The SMILES string of the molecule is COc1ccc2c(=O)cc(SC=CC3(C(=O)O)CS[C@@H]4C(NC(=O)Cc5cccs5)C(=O)N4C3)sc2c1. The number of hydrogen-bond donors (Lipinski definition) is 2. The lowest BCUT2D eigenvalue weighted by Gasteiger charge is -2.53. The number of carbonyl (C=O) groups excluding carboxylic acids is 2. The van der Waals surface area contributed by atoms with E-state index in [0.29, 0.717) is 11.1 Å². The predicted molar refractivity (Wildman–Crippen MR) is 148 cm³/mol. The molecule has 0 bridgehead atoms. The number of fused-ring (bicyclic) bond motifs is 2. The number of nitrogens with zero attached hydrogens (tertiary/aromatic N) is 1. The van der Waals surface area contributed by atoms with Gasteiger partial charge in [0.05, 0.1) is 17.7 Å². The van der Waals surface area contributed by atoms with Crippen molar-refractivity contribution in [2.24, 2.45) is 5.41 Å². The second-order valence-electron chi connectivity index (χ2n) is 8.64. The Balaban J connectivity index is 1.26. The van der Waals surface area contributed by atoms with Gasteiger partial charge in [0.1, 0.15) is 22.6 Å². The molecule has 192 valence electrons. The monoisotopic (exact) mass is 574 g/mol. The fraction of sp³-hybridized carbons (Fsp3) is 0.280. The van der Waals surface area contributed by atoms with Gasteiger partial charge in [-0.05, 0) is 35.1 Å². The number of β-lactam (4-membered cyclic amide) rings is 1. The van der Waals surface area contributed by atoms with Gasteiger partial charge >= 0.3 is 5.97 Å². The Labute approximate surface area is 228 Å². The third-order valence-corrected chi connectivity index (χ3v) is 10.7. The van der Waals surface area contributed by atoms with Crippen LogP contribution in [0.5, 0.6) is 5.75 Å². The molecule has 2 aliphatic rings. The van der Waals surface area contributed by atoms with E-state index in [2.05, 4.69) is 5.32 Å². The van der Waals surface area contributed by atoms with Gasteiger partial charge in [-0.1, -0.05) is 23.9 Å². The molecule has 2 amide bonds. The fourth-order valence-corrected chi connectivity index (χ4v) is 8.54. The van der Waals surface area contributed by atoms with Crippen LogP contribution >= 0.6 is 46.2 Å². The summed E-state index contributed by atoms with van der Waals surface area (Å²) in [4.78, 5) is 52.4. The highest BCUT2D eigenvalue weighted by molar-refractivity contribution is 8.04. The summed E-state index contributed by atoms with van der Waals surface area (Å²) in [5.74, 6) is -0.607. The average molecular weight is 575 g/mol. The smallest absolute Gasteiger partial charge is 0.316 e. The van der Waals surface area contributed by atoms with Crippen LogP contribution in [0.4, 0.5) is 0 Å². The Hall–Kier alpha value is -2.80. The maximum Gasteiger partial charge on any atom is 0.316 e. The van der Waals surface area contributed by atoms with E-state index in [0.717, 1.165) is 13.8 Å². The Morgan fingerprint density at radius 3 is 2.86 bits per heavy atom. The number of methoxy groups -OCH3 is 1. The lowest BCUT2D eigenvalue weighted by molar-refractivity contribution is -0.156. The van der Waals surface area contributed by atoms with Crippen molar-refractivity contribution in [3.8, 4) is 5.75 Å². The van der Waals surface area contributed by atoms with Crippen molar-refractivity contribution in [3.05, 3.63) is 68.4 Å². The average Bonchev–Trinajstić information content (AvgIpc) is 3.39. The van der Waals surface area contributed by atoms with E-state index in [-0.39, 0.29) is 41.3 Å². The first-order valence-corrected chi connectivity index (χ1v) is 14.9. The highest BCUT2D eigenvalue weighted by Gasteiger charge is 2.56. The van der Waals surface area contributed by atoms with Gasteiger partial charge in [-0.2, -0.15) is 0 Å². The van der Waals surface area contributed by atoms with Crippen LogP contribution in [-0.2, 0) is 20.8 Å². The van der Waals surface area contributed by atoms with Gasteiger partial charge in [-0.3, -0.25) is 19.2 Å². The third-order valence-electron chi connectivity index (χ3n) is 6.25. The van der Waals surface area contributed by atoms with Crippen molar-refractivity contribution >= 4 is 74.1 Å². The number of benzene rings is 1. The van der Waals surface area contributed by atoms with Crippen molar-refractivity contribution in [2.45, 2.75) is 22.0 Å². The van der Waals surface area contributed by atoms with Crippen molar-refractivity contribution in [2.75, 3.05) is 19.4 Å². The number of thioether (sulfide) groups is 2. The summed E-state index contributed by atoms with van der Waals surface area (Å²) in [6.45, 7) is 0.0261. The van der Waals surface area contributed by atoms with Gasteiger partial charge in [0.25, 0.3) is 0 Å². The number of rotatable bonds is 8. The number of nitrogens with one attached hydrogen (secondary N) is 1. The van der Waals surface area contributed by atoms with Crippen LogP contribution in [0.25, 0.3) is 10.1 Å². The van der Waals surface area contributed by atoms with Crippen LogP contribution in [0.3, 0.4) is 0 Å². The molecule has 5 rings (SSSR count). The molecule has 0 saturated carbocycles. The van der Waals surface area contributed by atoms with E-state index >= 15 is 0 Å². The fourth-order valence-electron chi connectivity index (χ4n) is 4.22. The van der Waals surface area contributed by atoms with Crippen LogP contribution < -0.4 is 15.5 Å². The van der Waals surface area contributed by atoms with E-state index in [4.69, 9.17) is 4.74 Å². The van der Waals surface area contributed by atoms with Crippen LogP contribution in [-0.4, -0.2) is 58.6 Å². The molecule has 0 aliphatic carbocycles. The molecule has 0 spiro atoms. The Morgan fingerprint density at radius 2 is 2.14 bits per heavy atom. The van der Waals surface area contributed by atoms with E-state index in [1.54, 1.807) is 36.8 Å². The van der Waals surface area contributed by atoms with Crippen LogP contribution in [0.15, 0.2) is 62.3 Å². The summed E-state index contributed by atoms with van der Waals surface area (Å²) < 4.78 is 6.75. The largest absolute Gasteiger partial charge is 0.497 e. The molecule has 2 fully saturated rings. The van der Waals surface area contributed by atoms with E-state index < -0.39 is 17.4 Å². The minimum atomic E-state index is -1.26. The van der Waals surface area contributed by atoms with Gasteiger partial charge in [-0.25, -0.2) is 0 Å². The Bertz CT molecular complexity index is 1450. The molecular weight excluding hydrogens is 553 g/mol. The molecule has 8 nitrogen and oxygen atoms in total. The number of carboxylic acids is 1. The summed E-state index contributed by atoms with van der Waals surface area (Å²) >= 11 is 5.52. The molecule has 2 N–H and O–H groups in total. The maximum absolute atomic E-state index is 12.8. The minimum Gasteiger partial charge on any atom is -0.497 e. The summed E-state index contributed by atoms with van der Waals surface area (Å²) in [6.07, 6.45) is 1.82. The summed E-state index contributed by atoms with van der Waals surface area (Å²) in [5, 5.41) is 16.7. The van der Waals surface area contributed by atoms with Crippen molar-refractivity contribution in [1.82, 2.24) is 10.2 Å². The van der Waals surface area contributed by atoms with Gasteiger partial charge < -0.3 is 20.1 Å². The molecular formula is C25H22N2O6S4. The standard InChI is InChI=1S/C25H22N2O6S4/c1-33-14-4-5-16-17(28)11-20(37-18(16)9-14)35-8-6-25(24(31)32)12-27-22(30)21(23(27)36-13-25)26-19(29)10-15-3-2-7-34-15/h2-9,11,21,23H,10,12-13H2,1H3,(H,26,29)(H,31,32)/t21?,23-,25?/m1/s1. The molecule has 3 aromatic rings. The van der Waals surface area contributed by atoms with Gasteiger partial charge in [-0.15, -0.1) is 34.4 Å². The highest BCUT2D eigenvalue weighted by Crippen LogP contribution is 2.43. The molecule has 1 aromatic carbocycles. The highest BCUT2D eigenvalue weighted by atomic mass is 32.2. The molecule has 3 atom stereocenters. The van der Waals surface area contributed by atoms with Crippen LogP contribution in [0.1, 0.15) is 4.88 Å². The number of thiophene rings is 1. The van der Waals surface area contributed by atoms with Crippen molar-refractivity contribution < 1.29 is 24.2 Å². The molecule has 4 heterocycles. The lowest BCUT2D eigenvalue weighted by atomic mass is 9.87. The zero-order valence-corrected chi connectivity index (χ0v) is 22.8. The molecule has 2 saturated heterocycles. The second-order valence-corrected chi connectivity index (χ2v) is 13.1. The third kappa shape index (κ3) is 5.15.